The minimum atomic E-state index is -0.107. The fourth-order valence-electron chi connectivity index (χ4n) is 1.81. The smallest absolute Gasteiger partial charge is 0.182 e. The second-order valence-electron chi connectivity index (χ2n) is 4.01. The number of aliphatic hydroxyl groups excluding tert-OH is 1. The number of carbonyl (C=O) groups is 1. The van der Waals surface area contributed by atoms with Crippen LogP contribution < -0.4 is 0 Å². The molecule has 1 aromatic heterocycles. The van der Waals surface area contributed by atoms with Gasteiger partial charge in [-0.3, -0.25) is 4.79 Å². The molecule has 0 spiro atoms. The minimum absolute atomic E-state index is 0.0868. The zero-order chi connectivity index (χ0) is 13.0. The summed E-state index contributed by atoms with van der Waals surface area (Å²) in [5, 5.41) is 16.8. The van der Waals surface area contributed by atoms with Crippen LogP contribution in [0.3, 0.4) is 0 Å². The number of rotatable bonds is 5. The first-order valence-electron chi connectivity index (χ1n) is 5.84. The molecule has 1 aromatic carbocycles. The van der Waals surface area contributed by atoms with Gasteiger partial charge in [-0.15, -0.1) is 5.10 Å². The number of Topliss-reactive ketones (excluding diaryl/α,β-unsaturated/α-hetero) is 1. The van der Waals surface area contributed by atoms with Crippen molar-refractivity contribution >= 4 is 5.78 Å². The van der Waals surface area contributed by atoms with E-state index < -0.39 is 0 Å². The first-order chi connectivity index (χ1) is 8.74. The van der Waals surface area contributed by atoms with Gasteiger partial charge in [0.25, 0.3) is 0 Å². The largest absolute Gasteiger partial charge is 0.396 e. The summed E-state index contributed by atoms with van der Waals surface area (Å²) in [4.78, 5) is 11.6. The van der Waals surface area contributed by atoms with Crippen molar-refractivity contribution in [3.8, 4) is 11.3 Å². The number of nitrogens with zero attached hydrogens (tertiary/aromatic N) is 3. The topological polar surface area (TPSA) is 68.0 Å². The van der Waals surface area contributed by atoms with Crippen LogP contribution in [0, 0.1) is 0 Å². The Bertz CT molecular complexity index is 534. The number of hydrogen-bond acceptors (Lipinski definition) is 4. The molecular formula is C13H15N3O2. The van der Waals surface area contributed by atoms with E-state index in [0.717, 1.165) is 11.3 Å². The van der Waals surface area contributed by atoms with Crippen molar-refractivity contribution in [3.05, 3.63) is 36.0 Å². The zero-order valence-corrected chi connectivity index (χ0v) is 10.2. The minimum Gasteiger partial charge on any atom is -0.396 e. The highest BCUT2D eigenvalue weighted by atomic mass is 16.3. The van der Waals surface area contributed by atoms with Gasteiger partial charge in [-0.25, -0.2) is 4.68 Å². The van der Waals surface area contributed by atoms with Crippen molar-refractivity contribution in [2.75, 3.05) is 6.61 Å². The van der Waals surface area contributed by atoms with Gasteiger partial charge in [0, 0.05) is 25.6 Å². The summed E-state index contributed by atoms with van der Waals surface area (Å²) in [6, 6.07) is 9.56. The highest BCUT2D eigenvalue weighted by Gasteiger charge is 2.17. The van der Waals surface area contributed by atoms with Crippen LogP contribution in [0.1, 0.15) is 23.8 Å². The van der Waals surface area contributed by atoms with Crippen LogP contribution in [0.4, 0.5) is 0 Å². The van der Waals surface area contributed by atoms with E-state index in [9.17, 15) is 4.79 Å². The molecule has 2 rings (SSSR count). The van der Waals surface area contributed by atoms with E-state index in [2.05, 4.69) is 10.3 Å². The molecule has 0 fully saturated rings. The third-order valence-electron chi connectivity index (χ3n) is 2.64. The predicted octanol–water partition coefficient (Wildman–Crippen LogP) is 1.53. The van der Waals surface area contributed by atoms with Gasteiger partial charge < -0.3 is 5.11 Å². The number of aliphatic hydroxyl groups is 1. The highest BCUT2D eigenvalue weighted by molar-refractivity contribution is 5.97. The lowest BCUT2D eigenvalue weighted by Gasteiger charge is -2.06. The molecule has 0 aliphatic rings. The van der Waals surface area contributed by atoms with Crippen molar-refractivity contribution in [1.82, 2.24) is 15.0 Å². The van der Waals surface area contributed by atoms with Crippen LogP contribution >= 0.6 is 0 Å². The van der Waals surface area contributed by atoms with Crippen LogP contribution in [0.2, 0.25) is 0 Å². The van der Waals surface area contributed by atoms with E-state index >= 15 is 0 Å². The summed E-state index contributed by atoms with van der Waals surface area (Å²) in [5.41, 5.74) is 2.00. The molecule has 18 heavy (non-hydrogen) atoms. The summed E-state index contributed by atoms with van der Waals surface area (Å²) >= 11 is 0. The van der Waals surface area contributed by atoms with Gasteiger partial charge in [0.15, 0.2) is 11.5 Å². The highest BCUT2D eigenvalue weighted by Crippen LogP contribution is 2.22. The monoisotopic (exact) mass is 245 g/mol. The van der Waals surface area contributed by atoms with Crippen LogP contribution in [0.5, 0.6) is 0 Å². The Hall–Kier alpha value is -2.01. The van der Waals surface area contributed by atoms with Crippen LogP contribution in [-0.2, 0) is 6.54 Å². The maximum Gasteiger partial charge on any atom is 0.182 e. The van der Waals surface area contributed by atoms with Crippen molar-refractivity contribution in [2.24, 2.45) is 0 Å². The van der Waals surface area contributed by atoms with Gasteiger partial charge in [-0.05, 0) is 6.42 Å². The Morgan fingerprint density at radius 3 is 2.67 bits per heavy atom. The lowest BCUT2D eigenvalue weighted by Crippen LogP contribution is -2.05. The maximum atomic E-state index is 11.6. The van der Waals surface area contributed by atoms with Gasteiger partial charge >= 0.3 is 0 Å². The van der Waals surface area contributed by atoms with E-state index in [-0.39, 0.29) is 12.4 Å². The molecule has 0 saturated heterocycles. The van der Waals surface area contributed by atoms with Crippen LogP contribution in [0.15, 0.2) is 30.3 Å². The Morgan fingerprint density at radius 1 is 1.33 bits per heavy atom. The lowest BCUT2D eigenvalue weighted by atomic mass is 10.1. The van der Waals surface area contributed by atoms with Crippen molar-refractivity contribution in [3.63, 3.8) is 0 Å². The van der Waals surface area contributed by atoms with E-state index in [1.54, 1.807) is 4.68 Å². The molecule has 0 radical (unpaired) electrons. The number of aromatic nitrogens is 3. The van der Waals surface area contributed by atoms with Crippen LogP contribution in [-0.4, -0.2) is 32.5 Å². The summed E-state index contributed by atoms with van der Waals surface area (Å²) in [6.45, 7) is 2.11. The Kier molecular flexibility index (Phi) is 3.84. The summed E-state index contributed by atoms with van der Waals surface area (Å²) < 4.78 is 1.67. The number of aryl methyl sites for hydroxylation is 1. The first-order valence-corrected chi connectivity index (χ1v) is 5.84. The fourth-order valence-corrected chi connectivity index (χ4v) is 1.81. The van der Waals surface area contributed by atoms with Gasteiger partial charge in [-0.2, -0.15) is 0 Å². The average molecular weight is 245 g/mol. The molecule has 0 unspecified atom stereocenters. The van der Waals surface area contributed by atoms with E-state index in [1.165, 1.54) is 6.92 Å². The average Bonchev–Trinajstić information content (AvgIpc) is 2.81. The third kappa shape index (κ3) is 2.46. The fraction of sp³-hybridized carbons (Fsp3) is 0.308. The molecule has 1 heterocycles. The molecule has 1 N–H and O–H groups in total. The van der Waals surface area contributed by atoms with E-state index in [1.807, 2.05) is 30.3 Å². The molecule has 0 bridgehead atoms. The molecule has 5 nitrogen and oxygen atoms in total. The molecule has 5 heteroatoms. The second kappa shape index (κ2) is 5.55. The lowest BCUT2D eigenvalue weighted by molar-refractivity contribution is 0.101. The summed E-state index contributed by atoms with van der Waals surface area (Å²) in [6.07, 6.45) is 0.584. The second-order valence-corrected chi connectivity index (χ2v) is 4.01. The summed E-state index contributed by atoms with van der Waals surface area (Å²) in [5.74, 6) is -0.107. The van der Waals surface area contributed by atoms with E-state index in [4.69, 9.17) is 5.11 Å². The van der Waals surface area contributed by atoms with Gasteiger partial charge in [0.1, 0.15) is 0 Å². The maximum absolute atomic E-state index is 11.6. The molecule has 0 amide bonds. The van der Waals surface area contributed by atoms with Crippen molar-refractivity contribution < 1.29 is 9.90 Å². The first kappa shape index (κ1) is 12.4. The molecular weight excluding hydrogens is 230 g/mol. The molecule has 0 aliphatic heterocycles. The summed E-state index contributed by atoms with van der Waals surface area (Å²) in [7, 11) is 0. The SMILES string of the molecule is CC(=O)c1nnn(CCCO)c1-c1ccccc1. The predicted molar refractivity (Wildman–Crippen MR) is 67.2 cm³/mol. The standard InChI is InChI=1S/C13H15N3O2/c1-10(18)12-13(11-6-3-2-4-7-11)16(15-14-12)8-5-9-17/h2-4,6-7,17H,5,8-9H2,1H3. The van der Waals surface area contributed by atoms with Gasteiger partial charge in [-0.1, -0.05) is 35.5 Å². The van der Waals surface area contributed by atoms with Gasteiger partial charge in [0.2, 0.25) is 0 Å². The molecule has 0 aliphatic carbocycles. The zero-order valence-electron chi connectivity index (χ0n) is 10.2. The van der Waals surface area contributed by atoms with E-state index in [0.29, 0.717) is 18.7 Å². The molecule has 0 atom stereocenters. The number of hydrogen-bond donors (Lipinski definition) is 1. The number of carbonyl (C=O) groups excluding carboxylic acids is 1. The number of benzene rings is 1. The Morgan fingerprint density at radius 2 is 2.06 bits per heavy atom. The molecule has 94 valence electrons. The van der Waals surface area contributed by atoms with Crippen molar-refractivity contribution in [2.45, 2.75) is 19.9 Å². The quantitative estimate of drug-likeness (QED) is 0.811. The third-order valence-corrected chi connectivity index (χ3v) is 2.64. The molecule has 2 aromatic rings. The number of ketones is 1. The normalized spacial score (nSPS) is 10.6. The van der Waals surface area contributed by atoms with Crippen LogP contribution in [0.25, 0.3) is 11.3 Å². The Labute approximate surface area is 105 Å². The Balaban J connectivity index is 2.47. The van der Waals surface area contributed by atoms with Crippen molar-refractivity contribution in [1.29, 1.82) is 0 Å². The van der Waals surface area contributed by atoms with Gasteiger partial charge in [0.05, 0.1) is 5.69 Å². The molecule has 0 saturated carbocycles.